The second-order valence-corrected chi connectivity index (χ2v) is 8.40. The summed E-state index contributed by atoms with van der Waals surface area (Å²) in [7, 11) is -0.844. The Balaban J connectivity index is 1.62. The number of hydrogen-bond acceptors (Lipinski definition) is 6. The van der Waals surface area contributed by atoms with Crippen molar-refractivity contribution in [1.82, 2.24) is 10.3 Å². The first-order chi connectivity index (χ1) is 15.3. The van der Waals surface area contributed by atoms with Gasteiger partial charge >= 0.3 is 0 Å². The van der Waals surface area contributed by atoms with Crippen LogP contribution in [-0.4, -0.2) is 40.1 Å². The Morgan fingerprint density at radius 1 is 1.00 bits per heavy atom. The van der Waals surface area contributed by atoms with Crippen molar-refractivity contribution in [2.45, 2.75) is 11.3 Å². The molecule has 32 heavy (non-hydrogen) atoms. The molecule has 8 nitrogen and oxygen atoms in total. The van der Waals surface area contributed by atoms with Crippen molar-refractivity contribution < 1.29 is 27.1 Å². The highest BCUT2D eigenvalue weighted by atomic mass is 32.2. The van der Waals surface area contributed by atoms with Gasteiger partial charge in [0.15, 0.2) is 11.5 Å². The number of carbonyl (C=O) groups excluding carboxylic acids is 1. The van der Waals surface area contributed by atoms with Gasteiger partial charge in [-0.25, -0.2) is 12.8 Å². The van der Waals surface area contributed by atoms with E-state index in [-0.39, 0.29) is 16.1 Å². The number of anilines is 1. The number of ether oxygens (including phenoxy) is 2. The van der Waals surface area contributed by atoms with Crippen molar-refractivity contribution in [2.24, 2.45) is 0 Å². The second kappa shape index (κ2) is 10.1. The van der Waals surface area contributed by atoms with Crippen molar-refractivity contribution in [2.75, 3.05) is 25.5 Å². The van der Waals surface area contributed by atoms with Crippen molar-refractivity contribution in [3.63, 3.8) is 0 Å². The zero-order chi connectivity index (χ0) is 23.1. The number of benzene rings is 2. The van der Waals surface area contributed by atoms with Crippen LogP contribution in [0.5, 0.6) is 11.5 Å². The van der Waals surface area contributed by atoms with Gasteiger partial charge in [-0.05, 0) is 54.4 Å². The lowest BCUT2D eigenvalue weighted by Crippen LogP contribution is -2.26. The topological polar surface area (TPSA) is 107 Å². The van der Waals surface area contributed by atoms with Gasteiger partial charge in [-0.15, -0.1) is 0 Å². The minimum Gasteiger partial charge on any atom is -0.493 e. The molecular weight excluding hydrogens is 437 g/mol. The lowest BCUT2D eigenvalue weighted by molar-refractivity contribution is 0.0954. The first kappa shape index (κ1) is 23.0. The fraction of sp³-hybridized carbons (Fsp3) is 0.182. The Labute approximate surface area is 185 Å². The molecule has 0 unspecified atom stereocenters. The number of rotatable bonds is 9. The molecule has 2 N–H and O–H groups in total. The fourth-order valence-electron chi connectivity index (χ4n) is 2.91. The fourth-order valence-corrected chi connectivity index (χ4v) is 3.94. The summed E-state index contributed by atoms with van der Waals surface area (Å²) in [6.07, 6.45) is 3.17. The summed E-state index contributed by atoms with van der Waals surface area (Å²) in [4.78, 5) is 16.3. The maximum atomic E-state index is 13.0. The van der Waals surface area contributed by atoms with Gasteiger partial charge in [0.2, 0.25) is 0 Å². The highest BCUT2D eigenvalue weighted by Gasteiger charge is 2.16. The summed E-state index contributed by atoms with van der Waals surface area (Å²) in [5.74, 6) is 0.270. The molecule has 0 aliphatic rings. The van der Waals surface area contributed by atoms with E-state index in [4.69, 9.17) is 9.47 Å². The summed E-state index contributed by atoms with van der Waals surface area (Å²) < 4.78 is 50.7. The predicted molar refractivity (Wildman–Crippen MR) is 117 cm³/mol. The molecule has 168 valence electrons. The zero-order valence-electron chi connectivity index (χ0n) is 17.5. The van der Waals surface area contributed by atoms with Crippen LogP contribution in [0.1, 0.15) is 15.9 Å². The van der Waals surface area contributed by atoms with Gasteiger partial charge in [0.1, 0.15) is 5.82 Å². The van der Waals surface area contributed by atoms with Gasteiger partial charge in [-0.1, -0.05) is 6.07 Å². The molecule has 3 rings (SSSR count). The van der Waals surface area contributed by atoms with Gasteiger partial charge < -0.3 is 14.8 Å². The third kappa shape index (κ3) is 5.73. The number of methoxy groups -OCH3 is 2. The number of nitrogens with one attached hydrogen (secondary N) is 2. The Morgan fingerprint density at radius 2 is 1.72 bits per heavy atom. The number of halogens is 1. The van der Waals surface area contributed by atoms with E-state index in [1.54, 1.807) is 20.3 Å². The molecule has 0 fully saturated rings. The largest absolute Gasteiger partial charge is 0.493 e. The molecule has 1 amide bonds. The molecule has 0 saturated carbocycles. The van der Waals surface area contributed by atoms with E-state index in [1.807, 2.05) is 12.1 Å². The molecule has 0 aliphatic carbocycles. The predicted octanol–water partition coefficient (Wildman–Crippen LogP) is 3.01. The Hall–Kier alpha value is -3.66. The van der Waals surface area contributed by atoms with Crippen molar-refractivity contribution in [3.05, 3.63) is 77.9 Å². The van der Waals surface area contributed by atoms with Gasteiger partial charge in [0.25, 0.3) is 15.9 Å². The van der Waals surface area contributed by atoms with Gasteiger partial charge in [-0.3, -0.25) is 14.5 Å². The first-order valence-electron chi connectivity index (χ1n) is 9.55. The molecule has 0 aliphatic heterocycles. The van der Waals surface area contributed by atoms with Crippen LogP contribution < -0.4 is 19.5 Å². The van der Waals surface area contributed by atoms with Crippen LogP contribution in [0, 0.1) is 5.82 Å². The van der Waals surface area contributed by atoms with E-state index in [9.17, 15) is 17.6 Å². The van der Waals surface area contributed by atoms with E-state index < -0.39 is 21.7 Å². The van der Waals surface area contributed by atoms with Crippen LogP contribution in [0.4, 0.5) is 10.1 Å². The average Bonchev–Trinajstić information content (AvgIpc) is 2.79. The molecule has 2 aromatic carbocycles. The summed E-state index contributed by atoms with van der Waals surface area (Å²) in [5.41, 5.74) is 1.25. The van der Waals surface area contributed by atoms with Gasteiger partial charge in [-0.2, -0.15) is 0 Å². The molecule has 0 atom stereocenters. The molecule has 0 saturated heterocycles. The minimum atomic E-state index is -3.95. The van der Waals surface area contributed by atoms with Crippen LogP contribution in [0.3, 0.4) is 0 Å². The number of carbonyl (C=O) groups is 1. The highest BCUT2D eigenvalue weighted by Crippen LogP contribution is 2.27. The van der Waals surface area contributed by atoms with Crippen LogP contribution in [-0.2, 0) is 16.4 Å². The number of pyridine rings is 1. The number of aromatic nitrogens is 1. The minimum absolute atomic E-state index is 0.108. The molecule has 3 aromatic rings. The molecule has 0 spiro atoms. The summed E-state index contributed by atoms with van der Waals surface area (Å²) in [5, 5.41) is 2.77. The van der Waals surface area contributed by atoms with Gasteiger partial charge in [0, 0.05) is 12.7 Å². The second-order valence-electron chi connectivity index (χ2n) is 6.72. The Kier molecular flexibility index (Phi) is 7.26. The number of hydrogen-bond donors (Lipinski definition) is 2. The highest BCUT2D eigenvalue weighted by molar-refractivity contribution is 7.92. The molecule has 0 bridgehead atoms. The molecule has 1 aromatic heterocycles. The number of sulfonamides is 1. The van der Waals surface area contributed by atoms with Crippen molar-refractivity contribution in [3.8, 4) is 11.5 Å². The molecule has 1 heterocycles. The Morgan fingerprint density at radius 3 is 2.41 bits per heavy atom. The standard InChI is InChI=1S/C22H22FN3O5S/c1-30-20-8-3-15(11-21(20)31-2)9-10-25-22(27)16-12-18(14-24-13-16)26-32(28,29)19-6-4-17(23)5-7-19/h3-8,11-14,26H,9-10H2,1-2H3,(H,25,27). The summed E-state index contributed by atoms with van der Waals surface area (Å²) in [6.45, 7) is 0.347. The number of amides is 1. The van der Waals surface area contributed by atoms with E-state index in [0.29, 0.717) is 24.5 Å². The number of nitrogens with zero attached hydrogens (tertiary/aromatic N) is 1. The SMILES string of the molecule is COc1ccc(CCNC(=O)c2cncc(NS(=O)(=O)c3ccc(F)cc3)c2)cc1OC. The quantitative estimate of drug-likeness (QED) is 0.510. The van der Waals surface area contributed by atoms with Crippen molar-refractivity contribution in [1.29, 1.82) is 0 Å². The lowest BCUT2D eigenvalue weighted by Gasteiger charge is -2.11. The van der Waals surface area contributed by atoms with E-state index >= 15 is 0 Å². The third-order valence-electron chi connectivity index (χ3n) is 4.52. The zero-order valence-corrected chi connectivity index (χ0v) is 18.3. The molecule has 10 heteroatoms. The molecule has 0 radical (unpaired) electrons. The average molecular weight is 459 g/mol. The summed E-state index contributed by atoms with van der Waals surface area (Å²) in [6, 6.07) is 11.3. The first-order valence-corrected chi connectivity index (χ1v) is 11.0. The third-order valence-corrected chi connectivity index (χ3v) is 5.92. The van der Waals surface area contributed by atoms with Crippen LogP contribution in [0.2, 0.25) is 0 Å². The lowest BCUT2D eigenvalue weighted by atomic mass is 10.1. The van der Waals surface area contributed by atoms with Gasteiger partial charge in [0.05, 0.1) is 36.6 Å². The van der Waals surface area contributed by atoms with E-state index in [0.717, 1.165) is 29.8 Å². The monoisotopic (exact) mass is 459 g/mol. The maximum absolute atomic E-state index is 13.0. The maximum Gasteiger partial charge on any atom is 0.261 e. The van der Waals surface area contributed by atoms with E-state index in [1.165, 1.54) is 18.5 Å². The van der Waals surface area contributed by atoms with Crippen LogP contribution in [0.25, 0.3) is 0 Å². The normalized spacial score (nSPS) is 11.0. The molecular formula is C22H22FN3O5S. The summed E-state index contributed by atoms with van der Waals surface area (Å²) >= 11 is 0. The Bertz CT molecular complexity index is 1200. The van der Waals surface area contributed by atoms with Crippen LogP contribution in [0.15, 0.2) is 65.8 Å². The van der Waals surface area contributed by atoms with Crippen LogP contribution >= 0.6 is 0 Å². The van der Waals surface area contributed by atoms with Crippen molar-refractivity contribution >= 4 is 21.6 Å². The smallest absolute Gasteiger partial charge is 0.261 e. The van der Waals surface area contributed by atoms with E-state index in [2.05, 4.69) is 15.0 Å².